The Morgan fingerprint density at radius 1 is 1.11 bits per heavy atom. The summed E-state index contributed by atoms with van der Waals surface area (Å²) in [6, 6.07) is 4.25. The van der Waals surface area contributed by atoms with Crippen LogP contribution in [0.3, 0.4) is 0 Å². The van der Waals surface area contributed by atoms with Gasteiger partial charge in [-0.2, -0.15) is 17.0 Å². The predicted octanol–water partition coefficient (Wildman–Crippen LogP) is 0.782. The second-order valence-corrected chi connectivity index (χ2v) is 10.7. The van der Waals surface area contributed by atoms with E-state index in [1.54, 1.807) is 26.0 Å². The van der Waals surface area contributed by atoms with Crippen LogP contribution in [0.2, 0.25) is 0 Å². The Bertz CT molecular complexity index is 913. The molecule has 158 valence electrons. The number of benzene rings is 1. The molecule has 1 aromatic rings. The molecule has 1 N–H and O–H groups in total. The SMILES string of the molecule is Cc1ccc(NS(=O)(=O)N2CC(C)OCC2C)cc1S(=O)(=O)N1CCOCC1. The summed E-state index contributed by atoms with van der Waals surface area (Å²) in [5, 5.41) is 0. The summed E-state index contributed by atoms with van der Waals surface area (Å²) in [4.78, 5) is 0.0954. The summed E-state index contributed by atoms with van der Waals surface area (Å²) >= 11 is 0. The topological polar surface area (TPSA) is 105 Å². The zero-order valence-electron chi connectivity index (χ0n) is 16.3. The number of aryl methyl sites for hydroxylation is 1. The molecule has 2 aliphatic rings. The van der Waals surface area contributed by atoms with Crippen LogP contribution >= 0.6 is 0 Å². The molecule has 0 spiro atoms. The van der Waals surface area contributed by atoms with Gasteiger partial charge in [-0.15, -0.1) is 0 Å². The van der Waals surface area contributed by atoms with Crippen LogP contribution in [-0.2, 0) is 29.7 Å². The zero-order chi connectivity index (χ0) is 20.5. The van der Waals surface area contributed by atoms with E-state index in [0.717, 1.165) is 0 Å². The lowest BCUT2D eigenvalue weighted by Crippen LogP contribution is -2.51. The van der Waals surface area contributed by atoms with Crippen molar-refractivity contribution < 1.29 is 26.3 Å². The molecule has 2 unspecified atom stereocenters. The molecule has 0 radical (unpaired) electrons. The molecule has 9 nitrogen and oxygen atoms in total. The zero-order valence-corrected chi connectivity index (χ0v) is 17.9. The Hall–Kier alpha value is -1.24. The normalized spacial score (nSPS) is 25.5. The molecule has 2 heterocycles. The molecule has 0 aromatic heterocycles. The van der Waals surface area contributed by atoms with Gasteiger partial charge in [-0.05, 0) is 38.5 Å². The van der Waals surface area contributed by atoms with Gasteiger partial charge in [0.1, 0.15) is 0 Å². The van der Waals surface area contributed by atoms with Gasteiger partial charge in [-0.1, -0.05) is 6.07 Å². The van der Waals surface area contributed by atoms with Crippen LogP contribution in [-0.4, -0.2) is 77.0 Å². The highest BCUT2D eigenvalue weighted by molar-refractivity contribution is 7.90. The largest absolute Gasteiger partial charge is 0.379 e. The molecule has 11 heteroatoms. The Balaban J connectivity index is 1.87. The third-order valence-electron chi connectivity index (χ3n) is 4.88. The van der Waals surface area contributed by atoms with Gasteiger partial charge >= 0.3 is 10.2 Å². The van der Waals surface area contributed by atoms with E-state index in [1.165, 1.54) is 14.7 Å². The highest BCUT2D eigenvalue weighted by Crippen LogP contribution is 2.26. The average molecular weight is 434 g/mol. The molecule has 2 saturated heterocycles. The number of nitrogens with zero attached hydrogens (tertiary/aromatic N) is 2. The van der Waals surface area contributed by atoms with Crippen LogP contribution in [0, 0.1) is 6.92 Å². The molecule has 3 rings (SSSR count). The molecule has 0 bridgehead atoms. The van der Waals surface area contributed by atoms with Gasteiger partial charge in [0.25, 0.3) is 0 Å². The molecule has 0 amide bonds. The van der Waals surface area contributed by atoms with Crippen molar-refractivity contribution in [2.75, 3.05) is 44.2 Å². The lowest BCUT2D eigenvalue weighted by atomic mass is 10.2. The number of nitrogens with one attached hydrogen (secondary N) is 1. The maximum absolute atomic E-state index is 13.0. The summed E-state index contributed by atoms with van der Waals surface area (Å²) in [5.41, 5.74) is 0.770. The van der Waals surface area contributed by atoms with Crippen molar-refractivity contribution in [3.63, 3.8) is 0 Å². The lowest BCUT2D eigenvalue weighted by Gasteiger charge is -2.35. The quantitative estimate of drug-likeness (QED) is 0.736. The van der Waals surface area contributed by atoms with Crippen LogP contribution in [0.5, 0.6) is 0 Å². The van der Waals surface area contributed by atoms with Gasteiger partial charge in [-0.3, -0.25) is 4.72 Å². The van der Waals surface area contributed by atoms with Gasteiger partial charge in [0.05, 0.1) is 36.5 Å². The molecular weight excluding hydrogens is 406 g/mol. The van der Waals surface area contributed by atoms with Gasteiger partial charge in [0.15, 0.2) is 0 Å². The minimum Gasteiger partial charge on any atom is -0.379 e. The summed E-state index contributed by atoms with van der Waals surface area (Å²) in [6.45, 7) is 7.07. The molecule has 2 atom stereocenters. The van der Waals surface area contributed by atoms with Crippen molar-refractivity contribution in [2.45, 2.75) is 37.8 Å². The molecule has 0 saturated carbocycles. The Kier molecular flexibility index (Phi) is 6.32. The maximum atomic E-state index is 13.0. The minimum atomic E-state index is -3.84. The lowest BCUT2D eigenvalue weighted by molar-refractivity contribution is -0.0168. The van der Waals surface area contributed by atoms with Gasteiger partial charge in [0, 0.05) is 25.7 Å². The molecule has 1 aromatic carbocycles. The standard InChI is InChI=1S/C17H27N3O6S2/c1-13-4-5-16(10-17(13)27(21,22)19-6-8-25-9-7-19)18-28(23,24)20-11-15(3)26-12-14(20)2/h4-5,10,14-15,18H,6-9,11-12H2,1-3H3. The summed E-state index contributed by atoms with van der Waals surface area (Å²) in [6.07, 6.45) is -0.206. The van der Waals surface area contributed by atoms with E-state index in [0.29, 0.717) is 25.4 Å². The van der Waals surface area contributed by atoms with Crippen LogP contribution in [0.4, 0.5) is 5.69 Å². The smallest absolute Gasteiger partial charge is 0.302 e. The number of rotatable bonds is 5. The van der Waals surface area contributed by atoms with Crippen LogP contribution in [0.25, 0.3) is 0 Å². The highest BCUT2D eigenvalue weighted by Gasteiger charge is 2.34. The Morgan fingerprint density at radius 3 is 2.46 bits per heavy atom. The Morgan fingerprint density at radius 2 is 1.79 bits per heavy atom. The average Bonchev–Trinajstić information content (AvgIpc) is 2.65. The van der Waals surface area contributed by atoms with Crippen molar-refractivity contribution >= 4 is 25.9 Å². The fourth-order valence-electron chi connectivity index (χ4n) is 3.28. The summed E-state index contributed by atoms with van der Waals surface area (Å²) < 4.78 is 67.6. The van der Waals surface area contributed by atoms with E-state index in [2.05, 4.69) is 4.72 Å². The number of anilines is 1. The van der Waals surface area contributed by atoms with Crippen molar-refractivity contribution in [1.29, 1.82) is 0 Å². The monoisotopic (exact) mass is 433 g/mol. The van der Waals surface area contributed by atoms with E-state index in [1.807, 2.05) is 6.92 Å². The summed E-state index contributed by atoms with van der Waals surface area (Å²) in [5.74, 6) is 0. The van der Waals surface area contributed by atoms with Crippen molar-refractivity contribution in [2.24, 2.45) is 0 Å². The van der Waals surface area contributed by atoms with Crippen molar-refractivity contribution in [3.05, 3.63) is 23.8 Å². The van der Waals surface area contributed by atoms with Crippen LogP contribution in [0.1, 0.15) is 19.4 Å². The molecule has 2 aliphatic heterocycles. The van der Waals surface area contributed by atoms with E-state index >= 15 is 0 Å². The molecule has 28 heavy (non-hydrogen) atoms. The van der Waals surface area contributed by atoms with Gasteiger partial charge < -0.3 is 9.47 Å². The van der Waals surface area contributed by atoms with E-state index < -0.39 is 20.2 Å². The first-order chi connectivity index (χ1) is 13.1. The van der Waals surface area contributed by atoms with Crippen molar-refractivity contribution in [3.8, 4) is 0 Å². The highest BCUT2D eigenvalue weighted by atomic mass is 32.2. The molecule has 2 fully saturated rings. The van der Waals surface area contributed by atoms with E-state index in [9.17, 15) is 16.8 Å². The van der Waals surface area contributed by atoms with Gasteiger partial charge in [0.2, 0.25) is 10.0 Å². The predicted molar refractivity (Wildman–Crippen MR) is 105 cm³/mol. The van der Waals surface area contributed by atoms with Crippen LogP contribution in [0.15, 0.2) is 23.1 Å². The second-order valence-electron chi connectivity index (χ2n) is 7.17. The maximum Gasteiger partial charge on any atom is 0.302 e. The third-order valence-corrected chi connectivity index (χ3v) is 8.54. The first-order valence-corrected chi connectivity index (χ1v) is 12.1. The first kappa shape index (κ1) is 21.5. The van der Waals surface area contributed by atoms with E-state index in [-0.39, 0.29) is 42.4 Å². The Labute approximate surface area is 166 Å². The fraction of sp³-hybridized carbons (Fsp3) is 0.647. The molecular formula is C17H27N3O6S2. The third kappa shape index (κ3) is 4.50. The number of ether oxygens (including phenoxy) is 2. The minimum absolute atomic E-state index is 0.0954. The van der Waals surface area contributed by atoms with Gasteiger partial charge in [-0.25, -0.2) is 8.42 Å². The second kappa shape index (κ2) is 8.25. The van der Waals surface area contributed by atoms with Crippen LogP contribution < -0.4 is 4.72 Å². The fourth-order valence-corrected chi connectivity index (χ4v) is 6.42. The number of hydrogen-bond acceptors (Lipinski definition) is 6. The number of sulfonamides is 1. The first-order valence-electron chi connectivity index (χ1n) is 9.21. The summed E-state index contributed by atoms with van der Waals surface area (Å²) in [7, 11) is -7.57. The van der Waals surface area contributed by atoms with E-state index in [4.69, 9.17) is 9.47 Å². The number of hydrogen-bond donors (Lipinski definition) is 1. The van der Waals surface area contributed by atoms with Crippen molar-refractivity contribution in [1.82, 2.24) is 8.61 Å². The number of morpholine rings is 2. The molecule has 0 aliphatic carbocycles.